The van der Waals surface area contributed by atoms with Gasteiger partial charge in [0.25, 0.3) is 17.2 Å². The van der Waals surface area contributed by atoms with Crippen LogP contribution in [0.3, 0.4) is 0 Å². The van der Waals surface area contributed by atoms with Gasteiger partial charge in [0.15, 0.2) is 0 Å². The lowest BCUT2D eigenvalue weighted by Gasteiger charge is -2.15. The predicted molar refractivity (Wildman–Crippen MR) is 102 cm³/mol. The number of hydrogen-bond donors (Lipinski definition) is 1. The summed E-state index contributed by atoms with van der Waals surface area (Å²) >= 11 is 1.53. The van der Waals surface area contributed by atoms with Crippen LogP contribution in [-0.2, 0) is 0 Å². The molecule has 3 aromatic rings. The summed E-state index contributed by atoms with van der Waals surface area (Å²) in [7, 11) is 0. The maximum absolute atomic E-state index is 12.2. The number of non-ortho nitro benzene ring substituents is 1. The fourth-order valence-electron chi connectivity index (χ4n) is 2.46. The van der Waals surface area contributed by atoms with E-state index >= 15 is 0 Å². The van der Waals surface area contributed by atoms with Crippen LogP contribution in [0.1, 0.15) is 23.3 Å². The Balaban J connectivity index is 1.69. The molecule has 2 aromatic heterocycles. The molecule has 1 amide bonds. The van der Waals surface area contributed by atoms with Crippen LogP contribution in [0.4, 0.5) is 5.69 Å². The van der Waals surface area contributed by atoms with Crippen LogP contribution in [0.5, 0.6) is 0 Å². The number of nitrogens with one attached hydrogen (secondary N) is 1. The molecule has 1 atom stereocenters. The molecule has 0 aliphatic rings. The number of carbonyl (C=O) groups excluding carboxylic acids is 1. The average Bonchev–Trinajstić information content (AvgIpc) is 3.21. The molecule has 27 heavy (non-hydrogen) atoms. The second-order valence-electron chi connectivity index (χ2n) is 5.84. The summed E-state index contributed by atoms with van der Waals surface area (Å²) in [5.74, 6) is -0.376. The number of nitrogens with zero attached hydrogens (tertiary/aromatic N) is 3. The van der Waals surface area contributed by atoms with Crippen LogP contribution >= 0.6 is 11.3 Å². The maximum atomic E-state index is 12.2. The highest BCUT2D eigenvalue weighted by atomic mass is 32.1. The number of rotatable bonds is 6. The number of hydrogen-bond acceptors (Lipinski definition) is 6. The first kappa shape index (κ1) is 18.5. The molecule has 1 N–H and O–H groups in total. The lowest BCUT2D eigenvalue weighted by molar-refractivity contribution is -0.384. The van der Waals surface area contributed by atoms with E-state index in [1.54, 1.807) is 13.0 Å². The van der Waals surface area contributed by atoms with Crippen LogP contribution in [0.15, 0.2) is 58.7 Å². The van der Waals surface area contributed by atoms with Crippen molar-refractivity contribution in [2.75, 3.05) is 6.54 Å². The van der Waals surface area contributed by atoms with Crippen molar-refractivity contribution in [2.45, 2.75) is 13.0 Å². The monoisotopic (exact) mass is 384 g/mol. The summed E-state index contributed by atoms with van der Waals surface area (Å²) in [5.41, 5.74) is 0.659. The Hall–Kier alpha value is -3.33. The normalized spacial score (nSPS) is 11.7. The summed E-state index contributed by atoms with van der Waals surface area (Å²) in [4.78, 5) is 35.4. The molecule has 1 unspecified atom stereocenters. The average molecular weight is 384 g/mol. The standard InChI is InChI=1S/C18H16N4O4S/c1-12(11-19-18(24)13-4-6-14(7-5-13)22(25)26)21-17(23)9-8-15(20-21)16-3-2-10-27-16/h2-10,12H,11H2,1H3,(H,19,24). The molecule has 0 saturated carbocycles. The fraction of sp³-hybridized carbons (Fsp3) is 0.167. The van der Waals surface area contributed by atoms with E-state index in [1.165, 1.54) is 46.4 Å². The van der Waals surface area contributed by atoms with Crippen LogP contribution in [-0.4, -0.2) is 27.2 Å². The Morgan fingerprint density at radius 1 is 1.26 bits per heavy atom. The second kappa shape index (κ2) is 7.92. The van der Waals surface area contributed by atoms with Crippen molar-refractivity contribution in [3.05, 3.63) is 79.9 Å². The second-order valence-corrected chi connectivity index (χ2v) is 6.79. The smallest absolute Gasteiger partial charge is 0.269 e. The molecule has 0 bridgehead atoms. The highest BCUT2D eigenvalue weighted by molar-refractivity contribution is 7.13. The number of benzene rings is 1. The lowest BCUT2D eigenvalue weighted by atomic mass is 10.2. The zero-order chi connectivity index (χ0) is 19.4. The van der Waals surface area contributed by atoms with Crippen molar-refractivity contribution >= 4 is 22.9 Å². The SMILES string of the molecule is CC(CNC(=O)c1ccc([N+](=O)[O-])cc1)n1nc(-c2cccs2)ccc1=O. The minimum atomic E-state index is -0.525. The van der Waals surface area contributed by atoms with E-state index < -0.39 is 4.92 Å². The van der Waals surface area contributed by atoms with Crippen molar-refractivity contribution < 1.29 is 9.72 Å². The van der Waals surface area contributed by atoms with Crippen LogP contribution in [0.2, 0.25) is 0 Å². The first-order valence-electron chi connectivity index (χ1n) is 8.12. The molecule has 0 aliphatic carbocycles. The zero-order valence-corrected chi connectivity index (χ0v) is 15.2. The molecule has 1 aromatic carbocycles. The van der Waals surface area contributed by atoms with Gasteiger partial charge in [-0.25, -0.2) is 4.68 Å². The van der Waals surface area contributed by atoms with Gasteiger partial charge in [-0.2, -0.15) is 5.10 Å². The number of amides is 1. The van der Waals surface area contributed by atoms with Gasteiger partial charge >= 0.3 is 0 Å². The fourth-order valence-corrected chi connectivity index (χ4v) is 3.15. The highest BCUT2D eigenvalue weighted by Gasteiger charge is 2.14. The van der Waals surface area contributed by atoms with E-state index in [2.05, 4.69) is 10.4 Å². The van der Waals surface area contributed by atoms with Gasteiger partial charge in [0.1, 0.15) is 5.69 Å². The van der Waals surface area contributed by atoms with E-state index in [0.29, 0.717) is 11.3 Å². The number of carbonyl (C=O) groups is 1. The number of nitro groups is 1. The Kier molecular flexibility index (Phi) is 5.41. The largest absolute Gasteiger partial charge is 0.350 e. The molecule has 2 heterocycles. The van der Waals surface area contributed by atoms with Gasteiger partial charge in [0.05, 0.1) is 15.8 Å². The van der Waals surface area contributed by atoms with Gasteiger partial charge in [0.2, 0.25) is 0 Å². The first-order valence-corrected chi connectivity index (χ1v) is 9.00. The summed E-state index contributed by atoms with van der Waals surface area (Å²) in [6.45, 7) is 1.97. The Bertz CT molecular complexity index is 1010. The van der Waals surface area contributed by atoms with Crippen molar-refractivity contribution in [1.29, 1.82) is 0 Å². The van der Waals surface area contributed by atoms with Crippen molar-refractivity contribution in [2.24, 2.45) is 0 Å². The maximum Gasteiger partial charge on any atom is 0.269 e. The minimum absolute atomic E-state index is 0.0823. The molecule has 0 spiro atoms. The van der Waals surface area contributed by atoms with Gasteiger partial charge in [-0.1, -0.05) is 6.07 Å². The molecule has 8 nitrogen and oxygen atoms in total. The molecule has 0 fully saturated rings. The third kappa shape index (κ3) is 4.26. The van der Waals surface area contributed by atoms with Gasteiger partial charge in [-0.15, -0.1) is 11.3 Å². The Labute approximate surface area is 158 Å². The van der Waals surface area contributed by atoms with Gasteiger partial charge in [-0.3, -0.25) is 19.7 Å². The summed E-state index contributed by atoms with van der Waals surface area (Å²) < 4.78 is 1.34. The molecule has 0 saturated heterocycles. The molecule has 138 valence electrons. The minimum Gasteiger partial charge on any atom is -0.350 e. The van der Waals surface area contributed by atoms with Crippen LogP contribution in [0, 0.1) is 10.1 Å². The third-order valence-electron chi connectivity index (χ3n) is 3.91. The Morgan fingerprint density at radius 3 is 2.63 bits per heavy atom. The zero-order valence-electron chi connectivity index (χ0n) is 14.4. The molecular formula is C18H16N4O4S. The summed E-state index contributed by atoms with van der Waals surface area (Å²) in [6, 6.07) is 11.9. The van der Waals surface area contributed by atoms with Gasteiger partial charge in [-0.05, 0) is 36.6 Å². The quantitative estimate of drug-likeness (QED) is 0.519. The number of thiophene rings is 1. The number of aromatic nitrogens is 2. The van der Waals surface area contributed by atoms with Crippen LogP contribution in [0.25, 0.3) is 10.6 Å². The van der Waals surface area contributed by atoms with E-state index in [4.69, 9.17) is 0 Å². The van der Waals surface area contributed by atoms with Crippen molar-refractivity contribution in [3.63, 3.8) is 0 Å². The van der Waals surface area contributed by atoms with Crippen LogP contribution < -0.4 is 10.9 Å². The Morgan fingerprint density at radius 2 is 2.00 bits per heavy atom. The van der Waals surface area contributed by atoms with E-state index in [9.17, 15) is 19.7 Å². The van der Waals surface area contributed by atoms with E-state index in [0.717, 1.165) is 4.88 Å². The first-order chi connectivity index (χ1) is 13.0. The molecule has 0 radical (unpaired) electrons. The van der Waals surface area contributed by atoms with E-state index in [-0.39, 0.29) is 29.7 Å². The summed E-state index contributed by atoms with van der Waals surface area (Å²) in [6.07, 6.45) is 0. The molecule has 3 rings (SSSR count). The van der Waals surface area contributed by atoms with Crippen molar-refractivity contribution in [1.82, 2.24) is 15.1 Å². The van der Waals surface area contributed by atoms with Crippen molar-refractivity contribution in [3.8, 4) is 10.6 Å². The lowest BCUT2D eigenvalue weighted by Crippen LogP contribution is -2.34. The molecule has 9 heteroatoms. The predicted octanol–water partition coefficient (Wildman–Crippen LogP) is 2.87. The molecule has 0 aliphatic heterocycles. The third-order valence-corrected chi connectivity index (χ3v) is 4.81. The summed E-state index contributed by atoms with van der Waals surface area (Å²) in [5, 5.41) is 19.7. The van der Waals surface area contributed by atoms with E-state index in [1.807, 2.05) is 17.5 Å². The van der Waals surface area contributed by atoms with Gasteiger partial charge < -0.3 is 5.32 Å². The molecular weight excluding hydrogens is 368 g/mol. The highest BCUT2D eigenvalue weighted by Crippen LogP contribution is 2.21. The topological polar surface area (TPSA) is 107 Å². The number of nitro benzene ring substituents is 1. The van der Waals surface area contributed by atoms with Gasteiger partial charge in [0, 0.05) is 30.3 Å².